The first-order valence-corrected chi connectivity index (χ1v) is 16.8. The van der Waals surface area contributed by atoms with Gasteiger partial charge in [-0.1, -0.05) is 24.3 Å². The van der Waals surface area contributed by atoms with E-state index in [1.165, 1.54) is 0 Å². The summed E-state index contributed by atoms with van der Waals surface area (Å²) in [4.78, 5) is 29.1. The molecule has 0 atom stereocenters. The van der Waals surface area contributed by atoms with Crippen LogP contribution in [0.1, 0.15) is 0 Å². The van der Waals surface area contributed by atoms with E-state index in [1.807, 2.05) is 72.8 Å². The van der Waals surface area contributed by atoms with Gasteiger partial charge in [-0.25, -0.2) is 28.6 Å². The van der Waals surface area contributed by atoms with E-state index in [1.54, 1.807) is 48.3 Å². The monoisotopic (exact) mass is 716 g/mol. The van der Waals surface area contributed by atoms with Crippen LogP contribution in [0.25, 0.3) is 45.6 Å². The smallest absolute Gasteiger partial charge is 0.255 e. The maximum atomic E-state index is 8.49. The third kappa shape index (κ3) is 11.9. The Kier molecular flexibility index (Phi) is 14.7. The van der Waals surface area contributed by atoms with Gasteiger partial charge < -0.3 is 0 Å². The quantitative estimate of drug-likeness (QED) is 0.231. The predicted octanol–water partition coefficient (Wildman–Crippen LogP) is 3.10. The molecule has 0 aliphatic carbocycles. The zero-order valence-corrected chi connectivity index (χ0v) is 27.8. The van der Waals surface area contributed by atoms with Crippen LogP contribution in [0.2, 0.25) is 0 Å². The summed E-state index contributed by atoms with van der Waals surface area (Å²) in [5, 5.41) is 0. The Morgan fingerprint density at radius 1 is 0.435 bits per heavy atom. The number of thioether (sulfide) groups is 2. The van der Waals surface area contributed by atoms with Crippen LogP contribution in [0.4, 0.5) is 0 Å². The maximum Gasteiger partial charge on any atom is 2.00 e. The molecule has 0 unspecified atom stereocenters. The summed E-state index contributed by atoms with van der Waals surface area (Å²) in [5.41, 5.74) is 7.00. The van der Waals surface area contributed by atoms with Crippen molar-refractivity contribution in [2.24, 2.45) is 0 Å². The van der Waals surface area contributed by atoms with E-state index in [9.17, 15) is 0 Å². The predicted molar refractivity (Wildman–Crippen MR) is 165 cm³/mol. The zero-order valence-electron chi connectivity index (χ0n) is 24.4. The molecule has 0 N–H and O–H groups in total. The number of nitrogens with zero attached hydrogens (tertiary/aromatic N) is 6. The molecule has 235 valence electrons. The number of hydrogen-bond donors (Lipinski definition) is 0. The van der Waals surface area contributed by atoms with Gasteiger partial charge in [-0.05, 0) is 85.3 Å². The van der Waals surface area contributed by atoms with Gasteiger partial charge in [-0.15, -0.1) is 33.8 Å². The number of pyridine rings is 6. The number of aromatic nitrogens is 6. The van der Waals surface area contributed by atoms with Gasteiger partial charge in [0.1, 0.15) is 0 Å². The third-order valence-corrected chi connectivity index (χ3v) is 7.19. The van der Waals surface area contributed by atoms with Gasteiger partial charge in [0.05, 0.1) is 45.6 Å². The molecule has 6 rings (SSSR count). The largest absolute Gasteiger partial charge is 2.00 e. The molecule has 0 amide bonds. The van der Waals surface area contributed by atoms with E-state index in [-0.39, 0.29) is 16.8 Å². The first-order chi connectivity index (χ1) is 21.7. The molecule has 0 saturated carbocycles. The summed E-state index contributed by atoms with van der Waals surface area (Å²) in [7, 11) is -4.94. The van der Waals surface area contributed by atoms with Crippen molar-refractivity contribution in [3.8, 4) is 45.6 Å². The molecule has 0 aromatic carbocycles. The average Bonchev–Trinajstić information content (AvgIpc) is 3.09. The van der Waals surface area contributed by atoms with E-state index in [0.717, 1.165) is 55.3 Å². The molecule has 0 saturated heterocycles. The number of hydrogen-bond acceptors (Lipinski definition) is 12. The van der Waals surface area contributed by atoms with Crippen molar-refractivity contribution in [3.63, 3.8) is 0 Å². The maximum absolute atomic E-state index is 8.49. The summed E-state index contributed by atoms with van der Waals surface area (Å²) in [5.74, 6) is 0. The number of rotatable bonds is 6. The van der Waals surface area contributed by atoms with Crippen molar-refractivity contribution >= 4 is 23.5 Å². The fourth-order valence-corrected chi connectivity index (χ4v) is 4.75. The van der Waals surface area contributed by atoms with Crippen LogP contribution in [0.15, 0.2) is 132 Å². The summed E-state index contributed by atoms with van der Waals surface area (Å²) < 4.78 is 34.0. The SMILES string of the molecule is CSc1cc(-c2ccccn2)nc(-c2ccccn2)c1.CSc1cc(-c2ccccn2)nc(-c2ccccn2)c1.[Co+2].[O-][Cl+3]([O-])([O-])[O-]. The molecule has 6 aromatic rings. The van der Waals surface area contributed by atoms with Crippen molar-refractivity contribution < 1.29 is 45.7 Å². The van der Waals surface area contributed by atoms with Crippen molar-refractivity contribution in [2.75, 3.05) is 12.5 Å². The van der Waals surface area contributed by atoms with Gasteiger partial charge in [0.15, 0.2) is 0 Å². The van der Waals surface area contributed by atoms with Crippen LogP contribution < -0.4 is 18.6 Å². The molecule has 0 fully saturated rings. The molecule has 6 heterocycles. The van der Waals surface area contributed by atoms with Gasteiger partial charge in [-0.3, -0.25) is 19.9 Å². The summed E-state index contributed by atoms with van der Waals surface area (Å²) >= 11 is 3.38. The Hall–Kier alpha value is -3.76. The third-order valence-electron chi connectivity index (χ3n) is 5.78. The van der Waals surface area contributed by atoms with Gasteiger partial charge in [0.2, 0.25) is 0 Å². The van der Waals surface area contributed by atoms with E-state index in [4.69, 9.17) is 18.6 Å². The second kappa shape index (κ2) is 18.4. The van der Waals surface area contributed by atoms with E-state index in [2.05, 4.69) is 66.7 Å². The average molecular weight is 717 g/mol. The Balaban J connectivity index is 0.000000215. The normalized spacial score (nSPS) is 10.4. The van der Waals surface area contributed by atoms with E-state index >= 15 is 0 Å². The minimum absolute atomic E-state index is 0. The van der Waals surface area contributed by atoms with Crippen LogP contribution >= 0.6 is 23.5 Å². The van der Waals surface area contributed by atoms with Crippen molar-refractivity contribution in [1.29, 1.82) is 0 Å². The zero-order chi connectivity index (χ0) is 32.1. The Labute approximate surface area is 287 Å². The van der Waals surface area contributed by atoms with E-state index < -0.39 is 10.2 Å². The molecule has 14 heteroatoms. The fourth-order valence-electron chi connectivity index (χ4n) is 3.83. The minimum atomic E-state index is -4.94. The van der Waals surface area contributed by atoms with Crippen molar-refractivity contribution in [1.82, 2.24) is 29.9 Å². The first-order valence-electron chi connectivity index (χ1n) is 13.1. The van der Waals surface area contributed by atoms with Crippen LogP contribution in [-0.4, -0.2) is 42.4 Å². The van der Waals surface area contributed by atoms with Crippen LogP contribution in [0.3, 0.4) is 0 Å². The first kappa shape index (κ1) is 36.7. The molecule has 0 bridgehead atoms. The van der Waals surface area contributed by atoms with E-state index in [0.29, 0.717) is 0 Å². The summed E-state index contributed by atoms with van der Waals surface area (Å²) in [6, 6.07) is 31.6. The molecule has 0 spiro atoms. The number of halogens is 1. The molecule has 10 nitrogen and oxygen atoms in total. The molecule has 6 aromatic heterocycles. The van der Waals surface area contributed by atoms with Crippen LogP contribution in [0.5, 0.6) is 0 Å². The fraction of sp³-hybridized carbons (Fsp3) is 0.0625. The molecule has 46 heavy (non-hydrogen) atoms. The second-order valence-corrected chi connectivity index (χ2v) is 11.3. The van der Waals surface area contributed by atoms with Crippen LogP contribution in [0, 0.1) is 10.2 Å². The summed E-state index contributed by atoms with van der Waals surface area (Å²) in [6.07, 6.45) is 11.2. The van der Waals surface area contributed by atoms with Crippen molar-refractivity contribution in [3.05, 3.63) is 122 Å². The second-order valence-electron chi connectivity index (χ2n) is 8.79. The van der Waals surface area contributed by atoms with Gasteiger partial charge >= 0.3 is 16.8 Å². The molecule has 1 radical (unpaired) electrons. The van der Waals surface area contributed by atoms with Gasteiger partial charge in [0.25, 0.3) is 0 Å². The minimum Gasteiger partial charge on any atom is -0.255 e. The standard InChI is InChI=1S/2C16H13N3S.ClHO4.Co/c2*1-20-12-10-15(13-6-2-4-8-17-13)19-16(11-12)14-7-3-5-9-18-14;2-1(3,4)5;/h2*2-11H,1H3;(H,2,3,4,5);/q;;;+2/p-1. The molecular weight excluding hydrogens is 691 g/mol. The Bertz CT molecular complexity index is 1530. The Morgan fingerprint density at radius 2 is 0.674 bits per heavy atom. The molecule has 0 aliphatic rings. The topological polar surface area (TPSA) is 170 Å². The Morgan fingerprint density at radius 3 is 0.848 bits per heavy atom. The van der Waals surface area contributed by atoms with Gasteiger partial charge in [0, 0.05) is 34.6 Å². The van der Waals surface area contributed by atoms with Gasteiger partial charge in [-0.2, -0.15) is 0 Å². The van der Waals surface area contributed by atoms with Crippen molar-refractivity contribution in [2.45, 2.75) is 9.79 Å². The molecule has 0 aliphatic heterocycles. The summed E-state index contributed by atoms with van der Waals surface area (Å²) in [6.45, 7) is 0. The van der Waals surface area contributed by atoms with Crippen LogP contribution in [-0.2, 0) is 16.8 Å². The molecular formula is C32H26ClCoN6O4S2+.